The van der Waals surface area contributed by atoms with Crippen LogP contribution in [0.1, 0.15) is 92.2 Å². The van der Waals surface area contributed by atoms with Crippen LogP contribution in [0.4, 0.5) is 0 Å². The van der Waals surface area contributed by atoms with Crippen molar-refractivity contribution in [2.24, 2.45) is 0 Å². The highest BCUT2D eigenvalue weighted by Crippen LogP contribution is 2.14. The van der Waals surface area contributed by atoms with Gasteiger partial charge in [0.1, 0.15) is 0 Å². The summed E-state index contributed by atoms with van der Waals surface area (Å²) in [6.45, 7) is 6.67. The largest absolute Gasteiger partial charge is 0.0654 e. The number of hydrogen-bond acceptors (Lipinski definition) is 0. The van der Waals surface area contributed by atoms with Crippen LogP contribution in [-0.4, -0.2) is 0 Å². The maximum Gasteiger partial charge on any atom is 0.0251 e. The van der Waals surface area contributed by atoms with Gasteiger partial charge in [-0.3, -0.25) is 0 Å². The molecule has 0 atom stereocenters. The van der Waals surface area contributed by atoms with Gasteiger partial charge in [-0.1, -0.05) is 94.4 Å². The highest BCUT2D eigenvalue weighted by molar-refractivity contribution is 5.48. The van der Waals surface area contributed by atoms with Crippen molar-refractivity contribution in [2.45, 2.75) is 65.2 Å². The van der Waals surface area contributed by atoms with Gasteiger partial charge in [-0.25, -0.2) is 0 Å². The molecule has 0 bridgehead atoms. The molecule has 0 spiro atoms. The summed E-state index contributed by atoms with van der Waals surface area (Å²) < 4.78 is 0. The Bertz CT molecular complexity index is 1090. The third-order valence-corrected chi connectivity index (χ3v) is 5.66. The van der Waals surface area contributed by atoms with E-state index in [-0.39, 0.29) is 0 Å². The Morgan fingerprint density at radius 2 is 1.12 bits per heavy atom. The molecule has 0 aromatic heterocycles. The number of benzene rings is 3. The van der Waals surface area contributed by atoms with Crippen LogP contribution in [0.2, 0.25) is 0 Å². The quantitative estimate of drug-likeness (QED) is 0.268. The fraction of sp³-hybridized carbons (Fsp3) is 0.312. The number of aryl methyl sites for hydroxylation is 1. The normalized spacial score (nSPS) is 10.2. The Morgan fingerprint density at radius 3 is 1.69 bits per heavy atom. The molecule has 3 rings (SSSR count). The molecule has 0 aliphatic carbocycles. The fourth-order valence-electron chi connectivity index (χ4n) is 3.61. The van der Waals surface area contributed by atoms with E-state index in [4.69, 9.17) is 0 Å². The van der Waals surface area contributed by atoms with Crippen molar-refractivity contribution >= 4 is 0 Å². The van der Waals surface area contributed by atoms with Crippen LogP contribution in [0, 0.1) is 23.7 Å². The SMILES string of the molecule is CCCCCCCc1cccc(C#Cc2ccc(C#Cc3ccc(C(C)C)cc3)cc2)c1. The summed E-state index contributed by atoms with van der Waals surface area (Å²) in [7, 11) is 0. The molecule has 0 amide bonds. The Kier molecular flexibility index (Phi) is 9.22. The molecule has 0 N–H and O–H groups in total. The first-order valence-corrected chi connectivity index (χ1v) is 12.0. The smallest absolute Gasteiger partial charge is 0.0251 e. The topological polar surface area (TPSA) is 0 Å². The first-order valence-electron chi connectivity index (χ1n) is 12.0. The first kappa shape index (κ1) is 23.4. The molecule has 3 aromatic carbocycles. The van der Waals surface area contributed by atoms with Gasteiger partial charge in [0.15, 0.2) is 0 Å². The molecule has 0 heterocycles. The highest BCUT2D eigenvalue weighted by Gasteiger charge is 1.98. The van der Waals surface area contributed by atoms with Gasteiger partial charge in [-0.15, -0.1) is 0 Å². The maximum absolute atomic E-state index is 3.32. The van der Waals surface area contributed by atoms with E-state index in [0.29, 0.717) is 5.92 Å². The molecular formula is C32H34. The second-order valence-corrected chi connectivity index (χ2v) is 8.72. The average molecular weight is 419 g/mol. The van der Waals surface area contributed by atoms with E-state index in [0.717, 1.165) is 28.7 Å². The standard InChI is InChI=1S/C32H34/c1-4-5-6-7-8-10-30-11-9-12-31(25-30)20-19-28-15-13-27(14-16-28)17-18-29-21-23-32(24-22-29)26(2)3/h9,11-16,21-26H,4-8,10H2,1-3H3. The van der Waals surface area contributed by atoms with E-state index in [2.05, 4.69) is 105 Å². The molecule has 0 aliphatic heterocycles. The first-order chi connectivity index (χ1) is 15.6. The number of unbranched alkanes of at least 4 members (excludes halogenated alkanes) is 4. The zero-order valence-electron chi connectivity index (χ0n) is 19.7. The lowest BCUT2D eigenvalue weighted by atomic mass is 10.0. The van der Waals surface area contributed by atoms with E-state index in [1.54, 1.807) is 0 Å². The lowest BCUT2D eigenvalue weighted by Gasteiger charge is -2.03. The van der Waals surface area contributed by atoms with Crippen molar-refractivity contribution in [3.63, 3.8) is 0 Å². The molecule has 0 saturated carbocycles. The zero-order chi connectivity index (χ0) is 22.6. The Morgan fingerprint density at radius 1 is 0.594 bits per heavy atom. The monoisotopic (exact) mass is 418 g/mol. The third kappa shape index (κ3) is 7.80. The van der Waals surface area contributed by atoms with Gasteiger partial charge < -0.3 is 0 Å². The Balaban J connectivity index is 1.58. The van der Waals surface area contributed by atoms with Crippen LogP contribution >= 0.6 is 0 Å². The molecule has 0 heteroatoms. The van der Waals surface area contributed by atoms with E-state index >= 15 is 0 Å². The van der Waals surface area contributed by atoms with Crippen molar-refractivity contribution < 1.29 is 0 Å². The highest BCUT2D eigenvalue weighted by atomic mass is 14.0. The molecule has 0 aliphatic rings. The molecule has 0 saturated heterocycles. The minimum atomic E-state index is 0.545. The summed E-state index contributed by atoms with van der Waals surface area (Å²) in [4.78, 5) is 0. The van der Waals surface area contributed by atoms with Crippen LogP contribution < -0.4 is 0 Å². The van der Waals surface area contributed by atoms with Crippen molar-refractivity contribution in [1.82, 2.24) is 0 Å². The van der Waals surface area contributed by atoms with Crippen LogP contribution in [-0.2, 0) is 6.42 Å². The van der Waals surface area contributed by atoms with Gasteiger partial charge in [0, 0.05) is 22.3 Å². The summed E-state index contributed by atoms with van der Waals surface area (Å²) in [5, 5.41) is 0. The molecule has 3 aromatic rings. The van der Waals surface area contributed by atoms with E-state index in [1.165, 1.54) is 43.2 Å². The van der Waals surface area contributed by atoms with Crippen molar-refractivity contribution in [2.75, 3.05) is 0 Å². The molecular weight excluding hydrogens is 384 g/mol. The van der Waals surface area contributed by atoms with Gasteiger partial charge in [-0.05, 0) is 78.4 Å². The number of rotatable bonds is 7. The third-order valence-electron chi connectivity index (χ3n) is 5.66. The fourth-order valence-corrected chi connectivity index (χ4v) is 3.61. The van der Waals surface area contributed by atoms with Crippen LogP contribution in [0.25, 0.3) is 0 Å². The minimum absolute atomic E-state index is 0.545. The van der Waals surface area contributed by atoms with Crippen LogP contribution in [0.5, 0.6) is 0 Å². The van der Waals surface area contributed by atoms with Gasteiger partial charge in [0.05, 0.1) is 0 Å². The van der Waals surface area contributed by atoms with Gasteiger partial charge >= 0.3 is 0 Å². The predicted octanol–water partition coefficient (Wildman–Crippen LogP) is 8.12. The molecule has 162 valence electrons. The molecule has 32 heavy (non-hydrogen) atoms. The van der Waals surface area contributed by atoms with Crippen molar-refractivity contribution in [3.05, 3.63) is 106 Å². The molecule has 0 fully saturated rings. The minimum Gasteiger partial charge on any atom is -0.0654 e. The van der Waals surface area contributed by atoms with Gasteiger partial charge in [0.25, 0.3) is 0 Å². The maximum atomic E-state index is 3.32. The van der Waals surface area contributed by atoms with Crippen molar-refractivity contribution in [3.8, 4) is 23.7 Å². The lowest BCUT2D eigenvalue weighted by molar-refractivity contribution is 0.632. The summed E-state index contributed by atoms with van der Waals surface area (Å²) in [5.74, 6) is 13.7. The average Bonchev–Trinajstić information content (AvgIpc) is 2.82. The van der Waals surface area contributed by atoms with Crippen LogP contribution in [0.15, 0.2) is 72.8 Å². The van der Waals surface area contributed by atoms with Crippen LogP contribution in [0.3, 0.4) is 0 Å². The summed E-state index contributed by atoms with van der Waals surface area (Å²) in [6, 6.07) is 25.4. The summed E-state index contributed by atoms with van der Waals surface area (Å²) in [5.41, 5.74) is 6.89. The zero-order valence-corrected chi connectivity index (χ0v) is 19.7. The van der Waals surface area contributed by atoms with E-state index in [1.807, 2.05) is 12.1 Å². The van der Waals surface area contributed by atoms with Gasteiger partial charge in [0.2, 0.25) is 0 Å². The van der Waals surface area contributed by atoms with E-state index < -0.39 is 0 Å². The van der Waals surface area contributed by atoms with Crippen molar-refractivity contribution in [1.29, 1.82) is 0 Å². The molecule has 0 unspecified atom stereocenters. The Labute approximate surface area is 195 Å². The molecule has 0 radical (unpaired) electrons. The number of hydrogen-bond donors (Lipinski definition) is 0. The second-order valence-electron chi connectivity index (χ2n) is 8.72. The van der Waals surface area contributed by atoms with Gasteiger partial charge in [-0.2, -0.15) is 0 Å². The summed E-state index contributed by atoms with van der Waals surface area (Å²) >= 11 is 0. The van der Waals surface area contributed by atoms with E-state index in [9.17, 15) is 0 Å². The summed E-state index contributed by atoms with van der Waals surface area (Å²) in [6.07, 6.45) is 7.73. The lowest BCUT2D eigenvalue weighted by Crippen LogP contribution is -1.87. The molecule has 0 nitrogen and oxygen atoms in total. The Hall–Kier alpha value is -3.22. The predicted molar refractivity (Wildman–Crippen MR) is 138 cm³/mol. The second kappa shape index (κ2) is 12.6.